The molecular weight excluding hydrogens is 1760 g/mol. The summed E-state index contributed by atoms with van der Waals surface area (Å²) in [6.07, 6.45) is 19.5. The van der Waals surface area contributed by atoms with Crippen molar-refractivity contribution in [1.82, 2.24) is 57.5 Å². The average Bonchev–Trinajstić information content (AvgIpc) is 1.61. The Bertz CT molecular complexity index is 8270. The van der Waals surface area contributed by atoms with Crippen LogP contribution in [0.2, 0.25) is 0 Å². The van der Waals surface area contributed by atoms with Gasteiger partial charge in [0.25, 0.3) is 23.6 Å². The highest BCUT2D eigenvalue weighted by Crippen LogP contribution is 2.39. The van der Waals surface area contributed by atoms with Crippen LogP contribution in [-0.2, 0) is 0 Å². The van der Waals surface area contributed by atoms with Crippen LogP contribution in [0.1, 0.15) is 112 Å². The molecule has 21 rings (SSSR count). The molecule has 0 radical (unpaired) electrons. The summed E-state index contributed by atoms with van der Waals surface area (Å²) in [5, 5.41) is 11.8. The highest BCUT2D eigenvalue weighted by Gasteiger charge is 2.25. The second kappa shape index (κ2) is 42.1. The van der Waals surface area contributed by atoms with E-state index in [1.54, 1.807) is 53.7 Å². The highest BCUT2D eigenvalue weighted by atomic mass is 19.2. The predicted molar refractivity (Wildman–Crippen MR) is 559 cm³/mol. The number of carbonyl (C=O) groups is 4. The van der Waals surface area contributed by atoms with Crippen molar-refractivity contribution in [2.45, 2.75) is 84.1 Å². The van der Waals surface area contributed by atoms with Crippen LogP contribution in [0.15, 0.2) is 359 Å². The fourth-order valence-electron chi connectivity index (χ4n) is 16.7. The first-order valence-corrected chi connectivity index (χ1v) is 45.1. The molecule has 698 valence electrons. The summed E-state index contributed by atoms with van der Waals surface area (Å²) >= 11 is 0. The van der Waals surface area contributed by atoms with Crippen molar-refractivity contribution in [1.29, 1.82) is 0 Å². The number of fused-ring (bicyclic) bond motifs is 4. The number of imidazole rings is 4. The van der Waals surface area contributed by atoms with E-state index in [1.165, 1.54) is 42.0 Å². The van der Waals surface area contributed by atoms with Crippen LogP contribution >= 0.6 is 0 Å². The Morgan fingerprint density at radius 2 is 0.617 bits per heavy atom. The maximum atomic E-state index is 14.4. The lowest BCUT2D eigenvalue weighted by molar-refractivity contribution is 0.101. The van der Waals surface area contributed by atoms with Gasteiger partial charge in [0.05, 0.1) is 74.7 Å². The van der Waals surface area contributed by atoms with E-state index in [0.717, 1.165) is 163 Å². The molecule has 0 spiro atoms. The number of hydrogen-bond acceptors (Lipinski definition) is 12. The van der Waals surface area contributed by atoms with E-state index < -0.39 is 11.6 Å². The standard InChI is InChI=1S/C33H25FN4O.2C28H24N4O.C27H20F2N4O.2CH4/c1-21-6-3-8-23(18-21)30-31-29(35-16-17-38(31)32(37-30)25-10-4-7-22(2)19-25)24-9-5-11-26(20-24)33(39)36-28-14-12-27(34)13-15-28;1-18-7-11-23(12-8-18)31-28(33)24-16-21(10-9-20(24)3)26-25-17-30-27(32(25)14-13-29-26)22-6-4-5-19(2)15-22;1-18-8-12-22(13-9-18)31-28(33)24-16-21(11-10-20(24)3)26-25-17-30-27(32(25)15-14-29-26)23-7-5-4-6-19(23)2;1-16-6-10-19(11-7-16)32-27(34)21-14-18(9-8-17(21)2)25-23-15-31-26(33(23)13-12-30-25)20-4-3-5-22(28)24(20)29;;/h3-20H,1-2H3,(H,36,39);2*4-17H,1-3H3,(H,31,33);3-15H,1-2H3,(H,32,34);2*1H4. The van der Waals surface area contributed by atoms with E-state index in [1.807, 2.05) is 247 Å². The summed E-state index contributed by atoms with van der Waals surface area (Å²) in [6, 6.07) is 90.4. The van der Waals surface area contributed by atoms with Crippen LogP contribution in [0.3, 0.4) is 0 Å². The van der Waals surface area contributed by atoms with E-state index in [9.17, 15) is 32.3 Å². The van der Waals surface area contributed by atoms with Gasteiger partial charge >= 0.3 is 0 Å². The lowest BCUT2D eigenvalue weighted by Gasteiger charge is -2.11. The molecule has 20 nitrogen and oxygen atoms in total. The van der Waals surface area contributed by atoms with Gasteiger partial charge < -0.3 is 21.3 Å². The van der Waals surface area contributed by atoms with Crippen LogP contribution in [-0.4, -0.2) is 81.1 Å². The summed E-state index contributed by atoms with van der Waals surface area (Å²) in [4.78, 5) is 89.5. The molecule has 0 aliphatic carbocycles. The zero-order chi connectivity index (χ0) is 96.6. The molecule has 0 aliphatic rings. The number of nitrogens with one attached hydrogen (secondary N) is 4. The third-order valence-corrected chi connectivity index (χ3v) is 24.0. The van der Waals surface area contributed by atoms with Crippen LogP contribution in [0.25, 0.3) is 124 Å². The molecule has 0 atom stereocenters. The van der Waals surface area contributed by atoms with Crippen LogP contribution in [0, 0.1) is 86.7 Å². The molecular formula is C118H101F3N16O4. The number of aryl methyl sites for hydroxylation is 10. The molecule has 4 N–H and O–H groups in total. The quantitative estimate of drug-likeness (QED) is 0.0666. The lowest BCUT2D eigenvalue weighted by Crippen LogP contribution is -2.13. The van der Waals surface area contributed by atoms with Crippen molar-refractivity contribution in [2.24, 2.45) is 0 Å². The number of rotatable bonds is 17. The predicted octanol–water partition coefficient (Wildman–Crippen LogP) is 27.7. The molecule has 8 aromatic heterocycles. The van der Waals surface area contributed by atoms with E-state index in [4.69, 9.17) is 15.0 Å². The first kappa shape index (κ1) is 96.1. The Morgan fingerprint density at radius 3 is 1.06 bits per heavy atom. The molecule has 13 aromatic carbocycles. The molecule has 8 heterocycles. The van der Waals surface area contributed by atoms with Gasteiger partial charge in [-0.1, -0.05) is 218 Å². The number of nitrogens with zero attached hydrogens (tertiary/aromatic N) is 12. The van der Waals surface area contributed by atoms with Crippen molar-refractivity contribution >= 4 is 68.4 Å². The van der Waals surface area contributed by atoms with Gasteiger partial charge in [0, 0.05) is 139 Å². The number of amides is 4. The zero-order valence-electron chi connectivity index (χ0n) is 77.7. The first-order valence-electron chi connectivity index (χ1n) is 45.1. The lowest BCUT2D eigenvalue weighted by atomic mass is 10.0. The highest BCUT2D eigenvalue weighted by molar-refractivity contribution is 6.09. The summed E-state index contributed by atoms with van der Waals surface area (Å²) in [5.74, 6) is -0.237. The molecule has 4 amide bonds. The van der Waals surface area contributed by atoms with Crippen molar-refractivity contribution in [3.63, 3.8) is 0 Å². The minimum absolute atomic E-state index is 0. The van der Waals surface area contributed by atoms with Gasteiger partial charge in [-0.05, 0) is 213 Å². The second-order valence-electron chi connectivity index (χ2n) is 34.2. The molecule has 0 unspecified atom stereocenters. The van der Waals surface area contributed by atoms with Gasteiger partial charge in [0.2, 0.25) is 0 Å². The smallest absolute Gasteiger partial charge is 0.255 e. The van der Waals surface area contributed by atoms with Gasteiger partial charge in [-0.3, -0.25) is 56.7 Å². The van der Waals surface area contributed by atoms with Crippen LogP contribution in [0.4, 0.5) is 35.9 Å². The number of halogens is 3. The van der Waals surface area contributed by atoms with Crippen molar-refractivity contribution in [3.8, 4) is 102 Å². The second-order valence-corrected chi connectivity index (χ2v) is 34.2. The largest absolute Gasteiger partial charge is 0.322 e. The summed E-state index contributed by atoms with van der Waals surface area (Å²) in [7, 11) is 0. The fourth-order valence-corrected chi connectivity index (χ4v) is 16.7. The van der Waals surface area contributed by atoms with E-state index in [-0.39, 0.29) is 55.7 Å². The summed E-state index contributed by atoms with van der Waals surface area (Å²) in [5.41, 5.74) is 30.0. The van der Waals surface area contributed by atoms with E-state index in [0.29, 0.717) is 50.4 Å². The first-order chi connectivity index (χ1) is 67.4. The summed E-state index contributed by atoms with van der Waals surface area (Å²) in [6.45, 7) is 20.1. The normalized spacial score (nSPS) is 10.9. The van der Waals surface area contributed by atoms with E-state index >= 15 is 0 Å². The van der Waals surface area contributed by atoms with Gasteiger partial charge in [0.15, 0.2) is 11.6 Å². The van der Waals surface area contributed by atoms with Crippen molar-refractivity contribution < 1.29 is 32.3 Å². The Labute approximate surface area is 815 Å². The van der Waals surface area contributed by atoms with Gasteiger partial charge in [-0.2, -0.15) is 0 Å². The Balaban J connectivity index is 0.000000135. The minimum Gasteiger partial charge on any atom is -0.322 e. The molecule has 21 aromatic rings. The van der Waals surface area contributed by atoms with Gasteiger partial charge in [-0.15, -0.1) is 0 Å². The van der Waals surface area contributed by atoms with Crippen molar-refractivity contribution in [3.05, 3.63) is 455 Å². The Morgan fingerprint density at radius 1 is 0.270 bits per heavy atom. The molecule has 0 aliphatic heterocycles. The molecule has 0 bridgehead atoms. The molecule has 23 heteroatoms. The molecule has 0 saturated carbocycles. The summed E-state index contributed by atoms with van der Waals surface area (Å²) < 4.78 is 49.3. The molecule has 0 saturated heterocycles. The molecule has 0 fully saturated rings. The van der Waals surface area contributed by atoms with Crippen LogP contribution < -0.4 is 21.3 Å². The average molecular weight is 1860 g/mol. The van der Waals surface area contributed by atoms with Gasteiger partial charge in [0.1, 0.15) is 29.1 Å². The number of anilines is 4. The number of carbonyl (C=O) groups excluding carboxylic acids is 4. The SMILES string of the molecule is C.C.Cc1ccc(NC(=O)c2cc(-c3nccn4c(-c5cccc(C)c5)ncc34)ccc2C)cc1.Cc1ccc(NC(=O)c2cc(-c3nccn4c(-c5cccc(F)c5F)ncc34)ccc2C)cc1.Cc1ccc(NC(=O)c2cc(-c3nccn4c(-c5ccccc5C)ncc34)ccc2C)cc1.Cc1cccc(-c2nc(-c3cccc(C)c3)n3ccnc(-c4cccc(C(=O)Nc5ccc(F)cc5)c4)c23)c1. The third kappa shape index (κ3) is 21.0. The maximum absolute atomic E-state index is 14.4. The minimum atomic E-state index is -0.959. The van der Waals surface area contributed by atoms with E-state index in [2.05, 4.69) is 149 Å². The fraction of sp³-hybridized carbons (Fsp3) is 0.102. The molecule has 141 heavy (non-hydrogen) atoms. The Hall–Kier alpha value is -18.0. The Kier molecular flexibility index (Phi) is 28.7. The van der Waals surface area contributed by atoms with Crippen LogP contribution in [0.5, 0.6) is 0 Å². The van der Waals surface area contributed by atoms with Gasteiger partial charge in [-0.25, -0.2) is 33.1 Å². The number of benzene rings is 13. The number of aromatic nitrogens is 12. The zero-order valence-corrected chi connectivity index (χ0v) is 77.7. The topological polar surface area (TPSA) is 237 Å². The number of hydrogen-bond donors (Lipinski definition) is 4. The third-order valence-electron chi connectivity index (χ3n) is 24.0. The maximum Gasteiger partial charge on any atom is 0.255 e. The monoisotopic (exact) mass is 1860 g/mol. The van der Waals surface area contributed by atoms with Crippen molar-refractivity contribution in [2.75, 3.05) is 21.3 Å².